The van der Waals surface area contributed by atoms with E-state index in [1.165, 1.54) is 24.2 Å². The SMILES string of the molecule is CCOC(=O)c1cncn1-c1cc(C#N)ccc1OC. The van der Waals surface area contributed by atoms with Crippen LogP contribution in [0.2, 0.25) is 0 Å². The highest BCUT2D eigenvalue weighted by Crippen LogP contribution is 2.25. The van der Waals surface area contributed by atoms with Crippen LogP contribution < -0.4 is 4.74 Å². The van der Waals surface area contributed by atoms with Crippen molar-refractivity contribution in [2.45, 2.75) is 6.92 Å². The van der Waals surface area contributed by atoms with Crippen molar-refractivity contribution in [1.29, 1.82) is 5.26 Å². The molecule has 0 fully saturated rings. The predicted molar refractivity (Wildman–Crippen MR) is 70.8 cm³/mol. The second-order valence-corrected chi connectivity index (χ2v) is 3.87. The molecule has 0 saturated carbocycles. The standard InChI is InChI=1S/C14H13N3O3/c1-3-20-14(18)12-8-16-9-17(12)11-6-10(7-15)4-5-13(11)19-2/h4-6,8-9H,3H2,1-2H3. The highest BCUT2D eigenvalue weighted by molar-refractivity contribution is 5.88. The van der Waals surface area contributed by atoms with E-state index in [0.29, 0.717) is 17.0 Å². The maximum atomic E-state index is 11.9. The Labute approximate surface area is 116 Å². The van der Waals surface area contributed by atoms with Crippen LogP contribution >= 0.6 is 0 Å². The number of esters is 1. The van der Waals surface area contributed by atoms with Gasteiger partial charge in [-0.15, -0.1) is 0 Å². The van der Waals surface area contributed by atoms with Gasteiger partial charge in [-0.25, -0.2) is 9.78 Å². The van der Waals surface area contributed by atoms with Gasteiger partial charge in [0.05, 0.1) is 43.6 Å². The lowest BCUT2D eigenvalue weighted by Crippen LogP contribution is -2.11. The summed E-state index contributed by atoms with van der Waals surface area (Å²) in [6.45, 7) is 2.01. The Morgan fingerprint density at radius 3 is 2.95 bits per heavy atom. The van der Waals surface area contributed by atoms with Crippen molar-refractivity contribution in [3.8, 4) is 17.5 Å². The van der Waals surface area contributed by atoms with E-state index in [1.54, 1.807) is 25.1 Å². The molecule has 0 aliphatic rings. The molecule has 0 aliphatic heterocycles. The van der Waals surface area contributed by atoms with E-state index in [4.69, 9.17) is 14.7 Å². The first-order valence-corrected chi connectivity index (χ1v) is 5.99. The van der Waals surface area contributed by atoms with Gasteiger partial charge in [-0.1, -0.05) is 0 Å². The molecule has 1 aromatic carbocycles. The molecule has 0 aliphatic carbocycles. The number of hydrogen-bond donors (Lipinski definition) is 0. The fourth-order valence-electron chi connectivity index (χ4n) is 1.79. The Balaban J connectivity index is 2.54. The quantitative estimate of drug-likeness (QED) is 0.794. The summed E-state index contributed by atoms with van der Waals surface area (Å²) >= 11 is 0. The van der Waals surface area contributed by atoms with Crippen molar-refractivity contribution in [2.24, 2.45) is 0 Å². The topological polar surface area (TPSA) is 77.1 Å². The smallest absolute Gasteiger partial charge is 0.356 e. The Morgan fingerprint density at radius 1 is 1.50 bits per heavy atom. The van der Waals surface area contributed by atoms with Crippen LogP contribution in [0.3, 0.4) is 0 Å². The zero-order valence-corrected chi connectivity index (χ0v) is 11.2. The van der Waals surface area contributed by atoms with Crippen LogP contribution in [0.5, 0.6) is 5.75 Å². The minimum atomic E-state index is -0.477. The average Bonchev–Trinajstić information content (AvgIpc) is 2.96. The van der Waals surface area contributed by atoms with Crippen LogP contribution in [0.1, 0.15) is 23.0 Å². The van der Waals surface area contributed by atoms with Crippen molar-refractivity contribution in [3.05, 3.63) is 42.0 Å². The van der Waals surface area contributed by atoms with Gasteiger partial charge in [0.2, 0.25) is 0 Å². The third-order valence-electron chi connectivity index (χ3n) is 2.69. The molecule has 0 amide bonds. The predicted octanol–water partition coefficient (Wildman–Crippen LogP) is 1.93. The van der Waals surface area contributed by atoms with E-state index in [2.05, 4.69) is 4.98 Å². The van der Waals surface area contributed by atoms with Crippen LogP contribution in [0, 0.1) is 11.3 Å². The summed E-state index contributed by atoms with van der Waals surface area (Å²) in [5.74, 6) is 0.0574. The third kappa shape index (κ3) is 2.47. The van der Waals surface area contributed by atoms with Crippen molar-refractivity contribution >= 4 is 5.97 Å². The van der Waals surface area contributed by atoms with Crippen molar-refractivity contribution < 1.29 is 14.3 Å². The van der Waals surface area contributed by atoms with Crippen molar-refractivity contribution in [2.75, 3.05) is 13.7 Å². The fraction of sp³-hybridized carbons (Fsp3) is 0.214. The van der Waals surface area contributed by atoms with Crippen molar-refractivity contribution in [1.82, 2.24) is 9.55 Å². The molecule has 20 heavy (non-hydrogen) atoms. The van der Waals surface area contributed by atoms with E-state index >= 15 is 0 Å². The van der Waals surface area contributed by atoms with Gasteiger partial charge in [0, 0.05) is 0 Å². The Bertz CT molecular complexity index is 671. The molecule has 0 saturated heterocycles. The maximum Gasteiger partial charge on any atom is 0.356 e. The number of rotatable bonds is 4. The number of aromatic nitrogens is 2. The van der Waals surface area contributed by atoms with E-state index in [1.807, 2.05) is 6.07 Å². The second kappa shape index (κ2) is 5.89. The first-order valence-electron chi connectivity index (χ1n) is 5.99. The number of methoxy groups -OCH3 is 1. The van der Waals surface area contributed by atoms with E-state index in [0.717, 1.165) is 0 Å². The maximum absolute atomic E-state index is 11.9. The van der Waals surface area contributed by atoms with Crippen LogP contribution in [-0.4, -0.2) is 29.2 Å². The summed E-state index contributed by atoms with van der Waals surface area (Å²) in [5.41, 5.74) is 1.30. The van der Waals surface area contributed by atoms with Gasteiger partial charge in [-0.2, -0.15) is 5.26 Å². The molecule has 1 heterocycles. The Hall–Kier alpha value is -2.81. The van der Waals surface area contributed by atoms with Gasteiger partial charge in [0.15, 0.2) is 5.69 Å². The number of imidazole rings is 1. The lowest BCUT2D eigenvalue weighted by atomic mass is 10.2. The Morgan fingerprint density at radius 2 is 2.30 bits per heavy atom. The summed E-state index contributed by atoms with van der Waals surface area (Å²) in [7, 11) is 1.52. The third-order valence-corrected chi connectivity index (χ3v) is 2.69. The zero-order chi connectivity index (χ0) is 14.5. The summed E-state index contributed by atoms with van der Waals surface area (Å²) in [6.07, 6.45) is 2.89. The molecule has 1 aromatic heterocycles. The van der Waals surface area contributed by atoms with Crippen LogP contribution in [0.25, 0.3) is 5.69 Å². The zero-order valence-electron chi connectivity index (χ0n) is 11.2. The molecule has 2 rings (SSSR count). The molecular weight excluding hydrogens is 258 g/mol. The Kier molecular flexibility index (Phi) is 4.01. The fourth-order valence-corrected chi connectivity index (χ4v) is 1.79. The highest BCUT2D eigenvalue weighted by Gasteiger charge is 2.17. The molecule has 0 spiro atoms. The first kappa shape index (κ1) is 13.6. The van der Waals surface area contributed by atoms with E-state index in [-0.39, 0.29) is 12.3 Å². The molecule has 0 unspecified atom stereocenters. The number of carbonyl (C=O) groups excluding carboxylic acids is 1. The van der Waals surface area contributed by atoms with Crippen molar-refractivity contribution in [3.63, 3.8) is 0 Å². The lowest BCUT2D eigenvalue weighted by Gasteiger charge is -2.12. The second-order valence-electron chi connectivity index (χ2n) is 3.87. The molecule has 6 nitrogen and oxygen atoms in total. The summed E-state index contributed by atoms with van der Waals surface area (Å²) < 4.78 is 11.8. The number of hydrogen-bond acceptors (Lipinski definition) is 5. The van der Waals surface area contributed by atoms with E-state index in [9.17, 15) is 4.79 Å². The van der Waals surface area contributed by atoms with Crippen LogP contribution in [-0.2, 0) is 4.74 Å². The number of ether oxygens (including phenoxy) is 2. The molecule has 0 N–H and O–H groups in total. The van der Waals surface area contributed by atoms with Gasteiger partial charge in [0.1, 0.15) is 5.75 Å². The minimum absolute atomic E-state index is 0.277. The number of benzene rings is 1. The molecule has 6 heteroatoms. The van der Waals surface area contributed by atoms with Gasteiger partial charge < -0.3 is 9.47 Å². The minimum Gasteiger partial charge on any atom is -0.495 e. The molecule has 0 radical (unpaired) electrons. The highest BCUT2D eigenvalue weighted by atomic mass is 16.5. The van der Waals surface area contributed by atoms with Gasteiger partial charge in [0.25, 0.3) is 0 Å². The molecule has 2 aromatic rings. The summed E-state index contributed by atoms with van der Waals surface area (Å²) in [4.78, 5) is 15.8. The van der Waals surface area contributed by atoms with E-state index < -0.39 is 5.97 Å². The molecule has 102 valence electrons. The number of nitrogens with zero attached hydrogens (tertiary/aromatic N) is 3. The van der Waals surface area contributed by atoms with Gasteiger partial charge >= 0.3 is 5.97 Å². The average molecular weight is 271 g/mol. The van der Waals surface area contributed by atoms with Gasteiger partial charge in [-0.05, 0) is 25.1 Å². The monoisotopic (exact) mass is 271 g/mol. The van der Waals surface area contributed by atoms with Crippen LogP contribution in [0.15, 0.2) is 30.7 Å². The molecule has 0 bridgehead atoms. The molecular formula is C14H13N3O3. The normalized spacial score (nSPS) is 9.85. The molecule has 0 atom stereocenters. The number of carbonyl (C=O) groups is 1. The van der Waals surface area contributed by atoms with Gasteiger partial charge in [-0.3, -0.25) is 4.57 Å². The largest absolute Gasteiger partial charge is 0.495 e. The lowest BCUT2D eigenvalue weighted by molar-refractivity contribution is 0.0517. The summed E-state index contributed by atoms with van der Waals surface area (Å²) in [6, 6.07) is 6.99. The van der Waals surface area contributed by atoms with Crippen LogP contribution in [0.4, 0.5) is 0 Å². The first-order chi connectivity index (χ1) is 9.71. The summed E-state index contributed by atoms with van der Waals surface area (Å²) in [5, 5.41) is 8.98. The number of nitriles is 1.